The van der Waals surface area contributed by atoms with Crippen molar-refractivity contribution in [2.24, 2.45) is 0 Å². The van der Waals surface area contributed by atoms with Gasteiger partial charge in [0.1, 0.15) is 6.20 Å². The van der Waals surface area contributed by atoms with Gasteiger partial charge >= 0.3 is 0 Å². The molecule has 0 aliphatic heterocycles. The summed E-state index contributed by atoms with van der Waals surface area (Å²) in [6, 6.07) is 5.89. The van der Waals surface area contributed by atoms with Crippen LogP contribution in [-0.2, 0) is 0 Å². The molecule has 65 valence electrons. The van der Waals surface area contributed by atoms with E-state index in [9.17, 15) is 0 Å². The topological polar surface area (TPSA) is 17.8 Å². The summed E-state index contributed by atoms with van der Waals surface area (Å²) in [4.78, 5) is 3.85. The molecule has 0 spiro atoms. The quantitative estimate of drug-likeness (QED) is 0.678. The van der Waals surface area contributed by atoms with Gasteiger partial charge in [0.2, 0.25) is 0 Å². The monoisotopic (exact) mass is 191 g/mol. The Bertz CT molecular complexity index is 407. The van der Waals surface area contributed by atoms with Crippen molar-refractivity contribution in [3.8, 4) is 5.69 Å². The molecular formula is C10H8ClN2. The highest BCUT2D eigenvalue weighted by Gasteiger charge is 1.98. The third-order valence-corrected chi connectivity index (χ3v) is 2.31. The van der Waals surface area contributed by atoms with Gasteiger partial charge in [0, 0.05) is 16.9 Å². The largest absolute Gasteiger partial charge is 0.306 e. The SMILES string of the molecule is Cc1ccc(-n2c[c]nc2)cc1Cl. The summed E-state index contributed by atoms with van der Waals surface area (Å²) in [6.45, 7) is 1.98. The first kappa shape index (κ1) is 8.32. The minimum absolute atomic E-state index is 0.770. The van der Waals surface area contributed by atoms with Crippen LogP contribution in [0.25, 0.3) is 5.69 Å². The lowest BCUT2D eigenvalue weighted by Gasteiger charge is -2.03. The molecule has 1 aromatic heterocycles. The summed E-state index contributed by atoms with van der Waals surface area (Å²) in [5.41, 5.74) is 2.08. The number of imidazole rings is 1. The van der Waals surface area contributed by atoms with Crippen LogP contribution in [0.15, 0.2) is 30.7 Å². The van der Waals surface area contributed by atoms with E-state index >= 15 is 0 Å². The summed E-state index contributed by atoms with van der Waals surface area (Å²) >= 11 is 5.99. The molecule has 1 aromatic carbocycles. The van der Waals surface area contributed by atoms with E-state index in [4.69, 9.17) is 11.6 Å². The maximum absolute atomic E-state index is 5.99. The Labute approximate surface area is 81.8 Å². The van der Waals surface area contributed by atoms with E-state index in [0.717, 1.165) is 16.3 Å². The van der Waals surface area contributed by atoms with Gasteiger partial charge in [0.15, 0.2) is 0 Å². The first-order valence-electron chi connectivity index (χ1n) is 3.94. The van der Waals surface area contributed by atoms with Gasteiger partial charge in [-0.3, -0.25) is 0 Å². The second-order valence-corrected chi connectivity index (χ2v) is 3.25. The molecule has 0 amide bonds. The molecule has 0 saturated carbocycles. The van der Waals surface area contributed by atoms with Gasteiger partial charge in [-0.2, -0.15) is 0 Å². The van der Waals surface area contributed by atoms with Gasteiger partial charge in [-0.25, -0.2) is 4.98 Å². The van der Waals surface area contributed by atoms with Gasteiger partial charge in [0.25, 0.3) is 0 Å². The summed E-state index contributed by atoms with van der Waals surface area (Å²) in [5.74, 6) is 0. The Morgan fingerprint density at radius 1 is 1.46 bits per heavy atom. The van der Waals surface area contributed by atoms with Crippen molar-refractivity contribution in [3.05, 3.63) is 47.5 Å². The number of hydrogen-bond acceptors (Lipinski definition) is 1. The first-order chi connectivity index (χ1) is 6.27. The molecule has 0 N–H and O–H groups in total. The van der Waals surface area contributed by atoms with E-state index in [1.807, 2.05) is 29.7 Å². The Hall–Kier alpha value is -1.28. The average molecular weight is 192 g/mol. The lowest BCUT2D eigenvalue weighted by molar-refractivity contribution is 1.06. The third kappa shape index (κ3) is 1.58. The van der Waals surface area contributed by atoms with Crippen LogP contribution in [0.2, 0.25) is 5.02 Å². The standard InChI is InChI=1S/C10H8ClN2/c1-8-2-3-9(6-10(8)11)13-5-4-12-7-13/h2-3,5-7H,1H3. The molecule has 1 radical (unpaired) electrons. The fourth-order valence-corrected chi connectivity index (χ4v) is 1.28. The van der Waals surface area contributed by atoms with E-state index in [1.165, 1.54) is 0 Å². The number of aromatic nitrogens is 2. The zero-order valence-corrected chi connectivity index (χ0v) is 7.92. The molecule has 2 aromatic rings. The molecule has 0 aliphatic carbocycles. The predicted octanol–water partition coefficient (Wildman–Crippen LogP) is 2.63. The highest BCUT2D eigenvalue weighted by Crippen LogP contribution is 2.18. The van der Waals surface area contributed by atoms with Crippen LogP contribution >= 0.6 is 11.6 Å². The lowest BCUT2D eigenvalue weighted by Crippen LogP contribution is -1.89. The molecule has 0 bridgehead atoms. The van der Waals surface area contributed by atoms with Crippen molar-refractivity contribution in [2.45, 2.75) is 6.92 Å². The van der Waals surface area contributed by atoms with Crippen LogP contribution in [-0.4, -0.2) is 9.55 Å². The van der Waals surface area contributed by atoms with Crippen molar-refractivity contribution in [3.63, 3.8) is 0 Å². The molecule has 2 rings (SSSR count). The van der Waals surface area contributed by atoms with Gasteiger partial charge < -0.3 is 4.57 Å². The van der Waals surface area contributed by atoms with Crippen LogP contribution in [0.1, 0.15) is 5.56 Å². The molecule has 0 aliphatic rings. The smallest absolute Gasteiger partial charge is 0.109 e. The van der Waals surface area contributed by atoms with Crippen LogP contribution in [0.5, 0.6) is 0 Å². The number of nitrogens with zero attached hydrogens (tertiary/aromatic N) is 2. The Kier molecular flexibility index (Phi) is 2.07. The maximum atomic E-state index is 5.99. The van der Waals surface area contributed by atoms with Crippen molar-refractivity contribution >= 4 is 11.6 Å². The average Bonchev–Trinajstić information content (AvgIpc) is 2.62. The van der Waals surface area contributed by atoms with Gasteiger partial charge in [-0.1, -0.05) is 17.7 Å². The molecule has 0 fully saturated rings. The van der Waals surface area contributed by atoms with Crippen LogP contribution < -0.4 is 0 Å². The van der Waals surface area contributed by atoms with E-state index in [2.05, 4.69) is 11.2 Å². The van der Waals surface area contributed by atoms with E-state index in [-0.39, 0.29) is 0 Å². The van der Waals surface area contributed by atoms with E-state index < -0.39 is 0 Å². The first-order valence-corrected chi connectivity index (χ1v) is 4.32. The molecule has 2 nitrogen and oxygen atoms in total. The second-order valence-electron chi connectivity index (χ2n) is 2.84. The van der Waals surface area contributed by atoms with Crippen LogP contribution in [0.4, 0.5) is 0 Å². The molecule has 0 atom stereocenters. The van der Waals surface area contributed by atoms with Crippen molar-refractivity contribution < 1.29 is 0 Å². The minimum Gasteiger partial charge on any atom is -0.306 e. The van der Waals surface area contributed by atoms with Crippen LogP contribution in [0.3, 0.4) is 0 Å². The van der Waals surface area contributed by atoms with Gasteiger partial charge in [-0.15, -0.1) is 0 Å². The number of halogens is 1. The number of benzene rings is 1. The van der Waals surface area contributed by atoms with Gasteiger partial charge in [-0.05, 0) is 24.6 Å². The number of rotatable bonds is 1. The van der Waals surface area contributed by atoms with E-state index in [0.29, 0.717) is 0 Å². The Balaban J connectivity index is 2.49. The highest BCUT2D eigenvalue weighted by molar-refractivity contribution is 6.31. The van der Waals surface area contributed by atoms with Crippen molar-refractivity contribution in [2.75, 3.05) is 0 Å². The fourth-order valence-electron chi connectivity index (χ4n) is 1.11. The molecule has 0 saturated heterocycles. The third-order valence-electron chi connectivity index (χ3n) is 1.91. The summed E-state index contributed by atoms with van der Waals surface area (Å²) in [7, 11) is 0. The summed E-state index contributed by atoms with van der Waals surface area (Å²) < 4.78 is 1.87. The highest BCUT2D eigenvalue weighted by atomic mass is 35.5. The molecule has 1 heterocycles. The van der Waals surface area contributed by atoms with E-state index in [1.54, 1.807) is 12.5 Å². The summed E-state index contributed by atoms with van der Waals surface area (Å²) in [5, 5.41) is 0.770. The summed E-state index contributed by atoms with van der Waals surface area (Å²) in [6.07, 6.45) is 6.19. The van der Waals surface area contributed by atoms with Crippen molar-refractivity contribution in [1.29, 1.82) is 0 Å². The molecular weight excluding hydrogens is 184 g/mol. The molecule has 3 heteroatoms. The predicted molar refractivity (Wildman–Crippen MR) is 52.1 cm³/mol. The normalized spacial score (nSPS) is 10.3. The maximum Gasteiger partial charge on any atom is 0.109 e. The second kappa shape index (κ2) is 3.23. The van der Waals surface area contributed by atoms with Gasteiger partial charge in [0.05, 0.1) is 6.33 Å². The van der Waals surface area contributed by atoms with Crippen molar-refractivity contribution in [1.82, 2.24) is 9.55 Å². The Morgan fingerprint density at radius 2 is 2.31 bits per heavy atom. The molecule has 0 unspecified atom stereocenters. The zero-order chi connectivity index (χ0) is 9.26. The zero-order valence-electron chi connectivity index (χ0n) is 7.16. The Morgan fingerprint density at radius 3 is 2.92 bits per heavy atom. The lowest BCUT2D eigenvalue weighted by atomic mass is 10.2. The minimum atomic E-state index is 0.770. The fraction of sp³-hybridized carbons (Fsp3) is 0.100. The number of aryl methyl sites for hydroxylation is 1. The molecule has 13 heavy (non-hydrogen) atoms. The number of hydrogen-bond donors (Lipinski definition) is 0. The van der Waals surface area contributed by atoms with Crippen LogP contribution in [0, 0.1) is 13.1 Å².